The van der Waals surface area contributed by atoms with Crippen molar-refractivity contribution in [3.63, 3.8) is 0 Å². The lowest BCUT2D eigenvalue weighted by atomic mass is 10.0. The Morgan fingerprint density at radius 1 is 0.921 bits per heavy atom. The van der Waals surface area contributed by atoms with Crippen LogP contribution in [0, 0.1) is 6.92 Å². The second-order valence-corrected chi connectivity index (χ2v) is 12.4. The van der Waals surface area contributed by atoms with Crippen molar-refractivity contribution in [3.8, 4) is 0 Å². The molecule has 0 aliphatic heterocycles. The van der Waals surface area contributed by atoms with Gasteiger partial charge in [-0.2, -0.15) is 0 Å². The number of hydrogen-bond donors (Lipinski definition) is 1. The Hall–Kier alpha value is -3.17. The Bertz CT molecular complexity index is 1350. The van der Waals surface area contributed by atoms with Gasteiger partial charge >= 0.3 is 0 Å². The molecule has 3 aromatic rings. The van der Waals surface area contributed by atoms with Crippen LogP contribution in [0.1, 0.15) is 30.5 Å². The van der Waals surface area contributed by atoms with Gasteiger partial charge in [0, 0.05) is 23.5 Å². The highest BCUT2D eigenvalue weighted by Crippen LogP contribution is 2.23. The first-order valence-electron chi connectivity index (χ1n) is 12.4. The summed E-state index contributed by atoms with van der Waals surface area (Å²) in [5.74, 6) is -0.762. The second kappa shape index (κ2) is 13.1. The van der Waals surface area contributed by atoms with E-state index in [1.54, 1.807) is 24.3 Å². The van der Waals surface area contributed by atoms with Gasteiger partial charge in [0.1, 0.15) is 12.6 Å². The van der Waals surface area contributed by atoms with E-state index >= 15 is 0 Å². The standard InChI is InChI=1S/C29H34BrN3O4S/c1-21(2)31-29(35)27(18-23-11-6-5-7-12-23)32(19-24-13-9-8-10-22(24)3)28(34)20-33(38(4,36)37)26-16-14-25(30)15-17-26/h5-17,21,27H,18-20H2,1-4H3,(H,31,35)/t27-/m0/s1. The van der Waals surface area contributed by atoms with Crippen molar-refractivity contribution >= 4 is 43.5 Å². The van der Waals surface area contributed by atoms with Crippen molar-refractivity contribution in [2.75, 3.05) is 17.1 Å². The molecule has 0 spiro atoms. The topological polar surface area (TPSA) is 86.8 Å². The van der Waals surface area contributed by atoms with Crippen molar-refractivity contribution in [3.05, 3.63) is 100 Å². The number of carbonyl (C=O) groups is 2. The normalized spacial score (nSPS) is 12.2. The zero-order chi connectivity index (χ0) is 27.9. The van der Waals surface area contributed by atoms with Gasteiger partial charge in [-0.1, -0.05) is 70.5 Å². The molecule has 0 bridgehead atoms. The number of amides is 2. The summed E-state index contributed by atoms with van der Waals surface area (Å²) < 4.78 is 27.4. The van der Waals surface area contributed by atoms with E-state index in [0.717, 1.165) is 31.7 Å². The Labute approximate surface area is 234 Å². The number of hydrogen-bond acceptors (Lipinski definition) is 4. The number of halogens is 1. The van der Waals surface area contributed by atoms with Crippen LogP contribution in [-0.2, 0) is 32.6 Å². The maximum absolute atomic E-state index is 14.0. The van der Waals surface area contributed by atoms with Crippen molar-refractivity contribution in [2.24, 2.45) is 0 Å². The summed E-state index contributed by atoms with van der Waals surface area (Å²) in [5.41, 5.74) is 3.12. The summed E-state index contributed by atoms with van der Waals surface area (Å²) in [6.45, 7) is 5.40. The maximum Gasteiger partial charge on any atom is 0.244 e. The summed E-state index contributed by atoms with van der Waals surface area (Å²) in [6.07, 6.45) is 1.36. The zero-order valence-corrected chi connectivity index (χ0v) is 24.5. The van der Waals surface area contributed by atoms with Crippen LogP contribution in [0.2, 0.25) is 0 Å². The molecule has 0 saturated carbocycles. The highest BCUT2D eigenvalue weighted by atomic mass is 79.9. The lowest BCUT2D eigenvalue weighted by Gasteiger charge is -2.34. The summed E-state index contributed by atoms with van der Waals surface area (Å²) in [4.78, 5) is 29.0. The van der Waals surface area contributed by atoms with Gasteiger partial charge in [0.15, 0.2) is 0 Å². The molecule has 0 aromatic heterocycles. The van der Waals surface area contributed by atoms with Crippen LogP contribution in [0.5, 0.6) is 0 Å². The highest BCUT2D eigenvalue weighted by Gasteiger charge is 2.33. The molecule has 202 valence electrons. The summed E-state index contributed by atoms with van der Waals surface area (Å²) in [6, 6.07) is 22.9. The molecule has 9 heteroatoms. The lowest BCUT2D eigenvalue weighted by Crippen LogP contribution is -2.54. The second-order valence-electron chi connectivity index (χ2n) is 9.56. The van der Waals surface area contributed by atoms with E-state index in [2.05, 4.69) is 21.2 Å². The third-order valence-corrected chi connectivity index (χ3v) is 7.77. The summed E-state index contributed by atoms with van der Waals surface area (Å²) >= 11 is 3.36. The molecule has 3 rings (SSSR count). The highest BCUT2D eigenvalue weighted by molar-refractivity contribution is 9.10. The van der Waals surface area contributed by atoms with Crippen molar-refractivity contribution < 1.29 is 18.0 Å². The monoisotopic (exact) mass is 599 g/mol. The van der Waals surface area contributed by atoms with Crippen LogP contribution in [0.15, 0.2) is 83.3 Å². The predicted octanol–water partition coefficient (Wildman–Crippen LogP) is 4.69. The Morgan fingerprint density at radius 3 is 2.11 bits per heavy atom. The van der Waals surface area contributed by atoms with E-state index in [9.17, 15) is 18.0 Å². The third kappa shape index (κ3) is 8.16. The van der Waals surface area contributed by atoms with Gasteiger partial charge in [-0.3, -0.25) is 13.9 Å². The van der Waals surface area contributed by atoms with Gasteiger partial charge in [0.05, 0.1) is 11.9 Å². The van der Waals surface area contributed by atoms with E-state index in [4.69, 9.17) is 0 Å². The minimum Gasteiger partial charge on any atom is -0.352 e. The molecule has 2 amide bonds. The molecule has 0 radical (unpaired) electrons. The van der Waals surface area contributed by atoms with E-state index in [0.29, 0.717) is 5.69 Å². The van der Waals surface area contributed by atoms with Gasteiger partial charge in [-0.15, -0.1) is 0 Å². The molecular formula is C29H34BrN3O4S. The Balaban J connectivity index is 2.06. The molecule has 0 aliphatic carbocycles. The van der Waals surface area contributed by atoms with E-state index in [1.165, 1.54) is 4.90 Å². The van der Waals surface area contributed by atoms with Crippen LogP contribution in [0.4, 0.5) is 5.69 Å². The molecule has 0 saturated heterocycles. The molecule has 38 heavy (non-hydrogen) atoms. The molecule has 3 aromatic carbocycles. The SMILES string of the molecule is Cc1ccccc1CN(C(=O)CN(c1ccc(Br)cc1)S(C)(=O)=O)[C@@H](Cc1ccccc1)C(=O)NC(C)C. The van der Waals surface area contributed by atoms with Crippen molar-refractivity contribution in [2.45, 2.75) is 45.8 Å². The quantitative estimate of drug-likeness (QED) is 0.346. The summed E-state index contributed by atoms with van der Waals surface area (Å²) in [5, 5.41) is 2.95. The van der Waals surface area contributed by atoms with Gasteiger partial charge in [0.25, 0.3) is 0 Å². The first-order valence-corrected chi connectivity index (χ1v) is 15.0. The molecular weight excluding hydrogens is 566 g/mol. The number of anilines is 1. The molecule has 0 unspecified atom stereocenters. The van der Waals surface area contributed by atoms with Crippen LogP contribution in [0.3, 0.4) is 0 Å². The minimum atomic E-state index is -3.79. The molecule has 0 heterocycles. The van der Waals surface area contributed by atoms with Gasteiger partial charge < -0.3 is 10.2 Å². The molecule has 0 fully saturated rings. The molecule has 1 N–H and O–H groups in total. The zero-order valence-electron chi connectivity index (χ0n) is 22.1. The van der Waals surface area contributed by atoms with Crippen LogP contribution >= 0.6 is 15.9 Å². The fraction of sp³-hybridized carbons (Fsp3) is 0.310. The van der Waals surface area contributed by atoms with E-state index < -0.39 is 28.5 Å². The smallest absolute Gasteiger partial charge is 0.244 e. The first kappa shape index (κ1) is 29.4. The number of nitrogens with zero attached hydrogens (tertiary/aromatic N) is 2. The van der Waals surface area contributed by atoms with Crippen LogP contribution in [-0.4, -0.2) is 50.0 Å². The van der Waals surface area contributed by atoms with E-state index in [-0.39, 0.29) is 24.9 Å². The first-order chi connectivity index (χ1) is 18.0. The van der Waals surface area contributed by atoms with Gasteiger partial charge in [-0.25, -0.2) is 8.42 Å². The number of aryl methyl sites for hydroxylation is 1. The van der Waals surface area contributed by atoms with E-state index in [1.807, 2.05) is 75.4 Å². The number of sulfonamides is 1. The van der Waals surface area contributed by atoms with Crippen LogP contribution in [0.25, 0.3) is 0 Å². The molecule has 7 nitrogen and oxygen atoms in total. The van der Waals surface area contributed by atoms with Gasteiger partial charge in [0.2, 0.25) is 21.8 Å². The Morgan fingerprint density at radius 2 is 1.53 bits per heavy atom. The maximum atomic E-state index is 14.0. The fourth-order valence-corrected chi connectivity index (χ4v) is 5.24. The van der Waals surface area contributed by atoms with Crippen molar-refractivity contribution in [1.29, 1.82) is 0 Å². The average Bonchev–Trinajstić information content (AvgIpc) is 2.85. The third-order valence-electron chi connectivity index (χ3n) is 6.10. The fourth-order valence-electron chi connectivity index (χ4n) is 4.13. The van der Waals surface area contributed by atoms with Gasteiger partial charge in [-0.05, 0) is 61.7 Å². The minimum absolute atomic E-state index is 0.133. The lowest BCUT2D eigenvalue weighted by molar-refractivity contribution is -0.140. The number of benzene rings is 3. The molecule has 1 atom stereocenters. The van der Waals surface area contributed by atoms with Crippen molar-refractivity contribution in [1.82, 2.24) is 10.2 Å². The number of rotatable bonds is 11. The summed E-state index contributed by atoms with van der Waals surface area (Å²) in [7, 11) is -3.79. The Kier molecular flexibility index (Phi) is 10.1. The predicted molar refractivity (Wildman–Crippen MR) is 155 cm³/mol. The number of carbonyl (C=O) groups excluding carboxylic acids is 2. The average molecular weight is 601 g/mol. The van der Waals surface area contributed by atoms with Crippen LogP contribution < -0.4 is 9.62 Å². The number of nitrogens with one attached hydrogen (secondary N) is 1. The largest absolute Gasteiger partial charge is 0.352 e. The molecule has 0 aliphatic rings.